The van der Waals surface area contributed by atoms with Crippen LogP contribution in [-0.2, 0) is 0 Å². The van der Waals surface area contributed by atoms with Crippen LogP contribution in [0.25, 0.3) is 22.0 Å². The van der Waals surface area contributed by atoms with Crippen LogP contribution in [0, 0.1) is 0 Å². The van der Waals surface area contributed by atoms with Crippen molar-refractivity contribution in [3.05, 3.63) is 49.1 Å². The van der Waals surface area contributed by atoms with Crippen molar-refractivity contribution in [3.63, 3.8) is 0 Å². The summed E-state index contributed by atoms with van der Waals surface area (Å²) in [6, 6.07) is 9.88. The Morgan fingerprint density at radius 1 is 0.882 bits per heavy atom. The molecule has 82 valence electrons. The van der Waals surface area contributed by atoms with Crippen LogP contribution in [-0.4, -0.2) is 15.0 Å². The lowest BCUT2D eigenvalue weighted by Crippen LogP contribution is -1.93. The number of nitrogens with two attached hydrogens (primary N) is 1. The maximum Gasteiger partial charge on any atom is 0.134 e. The van der Waals surface area contributed by atoms with Crippen molar-refractivity contribution in [1.29, 1.82) is 0 Å². The highest BCUT2D eigenvalue weighted by molar-refractivity contribution is 5.91. The molecule has 17 heavy (non-hydrogen) atoms. The van der Waals surface area contributed by atoms with E-state index < -0.39 is 0 Å². The first-order valence-electron chi connectivity index (χ1n) is 5.25. The molecule has 0 spiro atoms. The Kier molecular flexibility index (Phi) is 2.19. The van der Waals surface area contributed by atoms with Crippen LogP contribution in [0.5, 0.6) is 0 Å². The van der Waals surface area contributed by atoms with Crippen LogP contribution in [0.1, 0.15) is 0 Å². The lowest BCUT2D eigenvalue weighted by molar-refractivity contribution is 1.23. The number of nitrogens with zero attached hydrogens (tertiary/aromatic N) is 3. The van der Waals surface area contributed by atoms with Crippen LogP contribution in [0.4, 0.5) is 5.82 Å². The summed E-state index contributed by atoms with van der Waals surface area (Å²) in [5, 5.41) is 0.877. The minimum Gasteiger partial charge on any atom is -0.383 e. The fourth-order valence-electron chi connectivity index (χ4n) is 1.80. The number of fused-ring (bicyclic) bond motifs is 1. The number of hydrogen-bond donors (Lipinski definition) is 1. The topological polar surface area (TPSA) is 64.7 Å². The first-order chi connectivity index (χ1) is 8.34. The van der Waals surface area contributed by atoms with E-state index in [9.17, 15) is 0 Å². The standard InChI is InChI=1S/C13H10N4/c14-13-11-7-10(9-3-5-15-6-4-9)1-2-12(11)16-8-17-13/h1-8H,(H2,14,16,17). The Hall–Kier alpha value is -2.49. The number of hydrogen-bond acceptors (Lipinski definition) is 4. The van der Waals surface area contributed by atoms with E-state index in [1.54, 1.807) is 12.4 Å². The third kappa shape index (κ3) is 1.69. The lowest BCUT2D eigenvalue weighted by Gasteiger charge is -2.04. The molecular weight excluding hydrogens is 212 g/mol. The molecule has 2 heterocycles. The van der Waals surface area contributed by atoms with Crippen LogP contribution >= 0.6 is 0 Å². The van der Waals surface area contributed by atoms with E-state index in [1.807, 2.05) is 30.3 Å². The molecule has 2 N–H and O–H groups in total. The van der Waals surface area contributed by atoms with Gasteiger partial charge in [-0.2, -0.15) is 0 Å². The molecule has 3 aromatic rings. The summed E-state index contributed by atoms with van der Waals surface area (Å²) >= 11 is 0. The van der Waals surface area contributed by atoms with Gasteiger partial charge in [0, 0.05) is 17.8 Å². The largest absolute Gasteiger partial charge is 0.383 e. The molecule has 1 aromatic carbocycles. The Bertz CT molecular complexity index is 665. The highest BCUT2D eigenvalue weighted by Crippen LogP contribution is 2.24. The van der Waals surface area contributed by atoms with Gasteiger partial charge in [0.1, 0.15) is 12.1 Å². The van der Waals surface area contributed by atoms with Gasteiger partial charge in [0.15, 0.2) is 0 Å². The van der Waals surface area contributed by atoms with E-state index in [0.29, 0.717) is 5.82 Å². The summed E-state index contributed by atoms with van der Waals surface area (Å²) in [5.74, 6) is 0.505. The quantitative estimate of drug-likeness (QED) is 0.686. The van der Waals surface area contributed by atoms with E-state index in [4.69, 9.17) is 5.73 Å². The van der Waals surface area contributed by atoms with Crippen molar-refractivity contribution in [2.75, 3.05) is 5.73 Å². The molecule has 3 rings (SSSR count). The molecule has 0 saturated carbocycles. The molecule has 0 radical (unpaired) electrons. The van der Waals surface area contributed by atoms with Gasteiger partial charge in [-0.15, -0.1) is 0 Å². The first kappa shape index (κ1) is 9.72. The average molecular weight is 222 g/mol. The number of anilines is 1. The highest BCUT2D eigenvalue weighted by Gasteiger charge is 2.03. The third-order valence-corrected chi connectivity index (χ3v) is 2.68. The summed E-state index contributed by atoms with van der Waals surface area (Å²) in [4.78, 5) is 12.2. The molecule has 0 atom stereocenters. The normalized spacial score (nSPS) is 10.6. The van der Waals surface area contributed by atoms with Crippen molar-refractivity contribution >= 4 is 16.7 Å². The molecule has 0 amide bonds. The molecule has 0 aliphatic carbocycles. The summed E-state index contributed by atoms with van der Waals surface area (Å²) in [7, 11) is 0. The van der Waals surface area contributed by atoms with Crippen LogP contribution in [0.15, 0.2) is 49.1 Å². The van der Waals surface area contributed by atoms with Gasteiger partial charge in [-0.05, 0) is 35.4 Å². The molecule has 0 aliphatic rings. The highest BCUT2D eigenvalue weighted by atomic mass is 14.9. The van der Waals surface area contributed by atoms with Crippen molar-refractivity contribution in [1.82, 2.24) is 15.0 Å². The van der Waals surface area contributed by atoms with E-state index >= 15 is 0 Å². The summed E-state index contributed by atoms with van der Waals surface area (Å²) in [6.07, 6.45) is 5.01. The van der Waals surface area contributed by atoms with Gasteiger partial charge in [-0.3, -0.25) is 4.98 Å². The molecule has 0 saturated heterocycles. The molecule has 0 bridgehead atoms. The van der Waals surface area contributed by atoms with Crippen LogP contribution < -0.4 is 5.73 Å². The number of benzene rings is 1. The summed E-state index contributed by atoms with van der Waals surface area (Å²) in [5.41, 5.74) is 8.88. The predicted molar refractivity (Wildman–Crippen MR) is 67.2 cm³/mol. The molecule has 4 heteroatoms. The monoisotopic (exact) mass is 222 g/mol. The van der Waals surface area contributed by atoms with Crippen LogP contribution in [0.3, 0.4) is 0 Å². The smallest absolute Gasteiger partial charge is 0.134 e. The van der Waals surface area contributed by atoms with Crippen molar-refractivity contribution < 1.29 is 0 Å². The third-order valence-electron chi connectivity index (χ3n) is 2.68. The second kappa shape index (κ2) is 3.83. The number of pyridine rings is 1. The summed E-state index contributed by atoms with van der Waals surface area (Å²) in [6.45, 7) is 0. The maximum absolute atomic E-state index is 5.84. The minimum atomic E-state index is 0.505. The van der Waals surface area contributed by atoms with E-state index in [1.165, 1.54) is 6.33 Å². The first-order valence-corrected chi connectivity index (χ1v) is 5.25. The second-order valence-electron chi connectivity index (χ2n) is 3.73. The van der Waals surface area contributed by atoms with Gasteiger partial charge in [0.2, 0.25) is 0 Å². The Morgan fingerprint density at radius 2 is 1.71 bits per heavy atom. The molecule has 4 nitrogen and oxygen atoms in total. The molecule has 0 fully saturated rings. The summed E-state index contributed by atoms with van der Waals surface area (Å²) < 4.78 is 0. The second-order valence-corrected chi connectivity index (χ2v) is 3.73. The minimum absolute atomic E-state index is 0.505. The van der Waals surface area contributed by atoms with Gasteiger partial charge in [0.05, 0.1) is 5.52 Å². The molecular formula is C13H10N4. The van der Waals surface area contributed by atoms with Crippen molar-refractivity contribution in [2.45, 2.75) is 0 Å². The van der Waals surface area contributed by atoms with Crippen LogP contribution in [0.2, 0.25) is 0 Å². The zero-order chi connectivity index (χ0) is 11.7. The number of rotatable bonds is 1. The Labute approximate surface area is 98.2 Å². The SMILES string of the molecule is Nc1ncnc2ccc(-c3ccncc3)cc12. The zero-order valence-electron chi connectivity index (χ0n) is 9.04. The van der Waals surface area contributed by atoms with Gasteiger partial charge >= 0.3 is 0 Å². The number of nitrogen functional groups attached to an aromatic ring is 1. The average Bonchev–Trinajstić information content (AvgIpc) is 2.40. The number of aromatic nitrogens is 3. The van der Waals surface area contributed by atoms with Gasteiger partial charge < -0.3 is 5.73 Å². The van der Waals surface area contributed by atoms with E-state index in [0.717, 1.165) is 22.0 Å². The predicted octanol–water partition coefficient (Wildman–Crippen LogP) is 2.27. The fraction of sp³-hybridized carbons (Fsp3) is 0. The van der Waals surface area contributed by atoms with Crippen molar-refractivity contribution in [2.24, 2.45) is 0 Å². The Balaban J connectivity index is 2.23. The molecule has 2 aromatic heterocycles. The van der Waals surface area contributed by atoms with Gasteiger partial charge in [-0.25, -0.2) is 9.97 Å². The fourth-order valence-corrected chi connectivity index (χ4v) is 1.80. The van der Waals surface area contributed by atoms with E-state index in [2.05, 4.69) is 15.0 Å². The Morgan fingerprint density at radius 3 is 2.53 bits per heavy atom. The van der Waals surface area contributed by atoms with Gasteiger partial charge in [0.25, 0.3) is 0 Å². The van der Waals surface area contributed by atoms with E-state index in [-0.39, 0.29) is 0 Å². The van der Waals surface area contributed by atoms with Crippen molar-refractivity contribution in [3.8, 4) is 11.1 Å². The maximum atomic E-state index is 5.84. The zero-order valence-corrected chi connectivity index (χ0v) is 9.04. The lowest BCUT2D eigenvalue weighted by atomic mass is 10.0. The molecule has 0 unspecified atom stereocenters. The van der Waals surface area contributed by atoms with Gasteiger partial charge in [-0.1, -0.05) is 6.07 Å². The molecule has 0 aliphatic heterocycles.